The van der Waals surface area contributed by atoms with Crippen molar-refractivity contribution in [2.45, 2.75) is 13.8 Å². The predicted molar refractivity (Wildman–Crippen MR) is 90.9 cm³/mol. The van der Waals surface area contributed by atoms with E-state index in [1.807, 2.05) is 38.1 Å². The molecule has 0 fully saturated rings. The van der Waals surface area contributed by atoms with Gasteiger partial charge in [0.2, 0.25) is 5.95 Å². The Bertz CT molecular complexity index is 880. The van der Waals surface area contributed by atoms with Crippen molar-refractivity contribution >= 4 is 12.2 Å². The van der Waals surface area contributed by atoms with Crippen LogP contribution in [0.3, 0.4) is 0 Å². The predicted octanol–water partition coefficient (Wildman–Crippen LogP) is 3.77. The van der Waals surface area contributed by atoms with Crippen molar-refractivity contribution in [3.63, 3.8) is 0 Å². The van der Waals surface area contributed by atoms with E-state index in [1.54, 1.807) is 18.5 Å². The molecule has 0 radical (unpaired) electrons. The maximum Gasteiger partial charge on any atom is 0.221 e. The summed E-state index contributed by atoms with van der Waals surface area (Å²) in [6.07, 6.45) is 3.49. The fourth-order valence-corrected chi connectivity index (χ4v) is 2.46. The summed E-state index contributed by atoms with van der Waals surface area (Å²) in [6.45, 7) is 3.76. The van der Waals surface area contributed by atoms with Gasteiger partial charge in [0.25, 0.3) is 0 Å². The Hall–Kier alpha value is -2.95. The van der Waals surface area contributed by atoms with Crippen molar-refractivity contribution in [3.8, 4) is 11.1 Å². The highest BCUT2D eigenvalue weighted by atomic mass is 19.1. The first-order valence-electron chi connectivity index (χ1n) is 7.25. The SMILES string of the molecule is Cc1cn(N=Cc2cccc(-c3ccc(F)cc3C)c2)c(N)n1. The molecule has 0 bridgehead atoms. The summed E-state index contributed by atoms with van der Waals surface area (Å²) in [5, 5.41) is 4.31. The number of nitrogens with two attached hydrogens (primary N) is 1. The molecule has 0 atom stereocenters. The van der Waals surface area contributed by atoms with Gasteiger partial charge in [0, 0.05) is 0 Å². The summed E-state index contributed by atoms with van der Waals surface area (Å²) >= 11 is 0. The molecule has 0 aliphatic heterocycles. The molecule has 0 unspecified atom stereocenters. The summed E-state index contributed by atoms with van der Waals surface area (Å²) in [4.78, 5) is 4.10. The number of nitrogen functional groups attached to an aromatic ring is 1. The molecular weight excluding hydrogens is 291 g/mol. The van der Waals surface area contributed by atoms with Crippen molar-refractivity contribution in [1.82, 2.24) is 9.66 Å². The van der Waals surface area contributed by atoms with Crippen LogP contribution < -0.4 is 5.73 Å². The summed E-state index contributed by atoms with van der Waals surface area (Å²) in [5.74, 6) is 0.124. The van der Waals surface area contributed by atoms with Gasteiger partial charge in [-0.15, -0.1) is 0 Å². The van der Waals surface area contributed by atoms with Crippen LogP contribution in [0.1, 0.15) is 16.8 Å². The average molecular weight is 308 g/mol. The van der Waals surface area contributed by atoms with Gasteiger partial charge in [-0.2, -0.15) is 5.10 Å². The van der Waals surface area contributed by atoms with Gasteiger partial charge in [0.05, 0.1) is 18.1 Å². The molecule has 0 aliphatic rings. The van der Waals surface area contributed by atoms with Gasteiger partial charge >= 0.3 is 0 Å². The Balaban J connectivity index is 1.92. The van der Waals surface area contributed by atoms with Crippen molar-refractivity contribution in [1.29, 1.82) is 0 Å². The van der Waals surface area contributed by atoms with E-state index in [1.165, 1.54) is 16.8 Å². The second-order valence-electron chi connectivity index (χ2n) is 5.41. The number of imidazole rings is 1. The fraction of sp³-hybridized carbons (Fsp3) is 0.111. The third-order valence-electron chi connectivity index (χ3n) is 3.55. The number of halogens is 1. The van der Waals surface area contributed by atoms with Crippen LogP contribution in [0.25, 0.3) is 11.1 Å². The molecular formula is C18H17FN4. The van der Waals surface area contributed by atoms with Crippen molar-refractivity contribution in [2.24, 2.45) is 5.10 Å². The standard InChI is InChI=1S/C18H17FN4/c1-12-8-16(19)6-7-17(12)15-5-3-4-14(9-15)10-21-23-11-13(2)22-18(23)20/h3-11H,1-2H3,(H2,20,22). The quantitative estimate of drug-likeness (QED) is 0.749. The molecule has 3 aromatic rings. The number of hydrogen-bond acceptors (Lipinski definition) is 3. The van der Waals surface area contributed by atoms with E-state index in [0.717, 1.165) is 27.9 Å². The van der Waals surface area contributed by atoms with Crippen LogP contribution in [0.2, 0.25) is 0 Å². The molecule has 116 valence electrons. The molecule has 5 heteroatoms. The maximum absolute atomic E-state index is 13.2. The monoisotopic (exact) mass is 308 g/mol. The molecule has 0 saturated carbocycles. The Labute approximate surface area is 134 Å². The first kappa shape index (κ1) is 15.0. The minimum Gasteiger partial charge on any atom is -0.368 e. The lowest BCUT2D eigenvalue weighted by Gasteiger charge is -2.07. The van der Waals surface area contributed by atoms with E-state index in [9.17, 15) is 4.39 Å². The summed E-state index contributed by atoms with van der Waals surface area (Å²) in [5.41, 5.74) is 10.4. The van der Waals surface area contributed by atoms with Crippen LogP contribution in [-0.4, -0.2) is 15.9 Å². The second kappa shape index (κ2) is 6.04. The Morgan fingerprint density at radius 3 is 2.70 bits per heavy atom. The molecule has 0 saturated heterocycles. The van der Waals surface area contributed by atoms with E-state index < -0.39 is 0 Å². The molecule has 0 amide bonds. The Kier molecular flexibility index (Phi) is 3.93. The highest BCUT2D eigenvalue weighted by Gasteiger charge is 2.04. The molecule has 2 aromatic carbocycles. The van der Waals surface area contributed by atoms with E-state index in [4.69, 9.17) is 5.73 Å². The number of rotatable bonds is 3. The number of benzene rings is 2. The third kappa shape index (κ3) is 3.29. The number of anilines is 1. The lowest BCUT2D eigenvalue weighted by Crippen LogP contribution is -1.97. The van der Waals surface area contributed by atoms with E-state index in [2.05, 4.69) is 10.1 Å². The number of hydrogen-bond donors (Lipinski definition) is 1. The van der Waals surface area contributed by atoms with E-state index in [-0.39, 0.29) is 5.82 Å². The molecule has 1 aromatic heterocycles. The van der Waals surface area contributed by atoms with Gasteiger partial charge in [-0.1, -0.05) is 24.3 Å². The van der Waals surface area contributed by atoms with E-state index >= 15 is 0 Å². The van der Waals surface area contributed by atoms with Crippen LogP contribution in [-0.2, 0) is 0 Å². The van der Waals surface area contributed by atoms with Crippen LogP contribution in [0.4, 0.5) is 10.3 Å². The highest BCUT2D eigenvalue weighted by Crippen LogP contribution is 2.24. The minimum atomic E-state index is -0.227. The minimum absolute atomic E-state index is 0.227. The van der Waals surface area contributed by atoms with Crippen molar-refractivity contribution in [2.75, 3.05) is 5.73 Å². The molecule has 4 nitrogen and oxygen atoms in total. The fourth-order valence-electron chi connectivity index (χ4n) is 2.46. The molecule has 0 spiro atoms. The van der Waals surface area contributed by atoms with Gasteiger partial charge in [0.1, 0.15) is 5.82 Å². The molecule has 0 aliphatic carbocycles. The lowest BCUT2D eigenvalue weighted by atomic mass is 9.99. The van der Waals surface area contributed by atoms with Crippen molar-refractivity contribution < 1.29 is 4.39 Å². The summed E-state index contributed by atoms with van der Waals surface area (Å²) < 4.78 is 14.8. The largest absolute Gasteiger partial charge is 0.368 e. The Morgan fingerprint density at radius 1 is 1.17 bits per heavy atom. The van der Waals surface area contributed by atoms with Crippen LogP contribution in [0, 0.1) is 19.7 Å². The van der Waals surface area contributed by atoms with Crippen LogP contribution >= 0.6 is 0 Å². The normalized spacial score (nSPS) is 11.3. The van der Waals surface area contributed by atoms with Crippen LogP contribution in [0.15, 0.2) is 53.8 Å². The first-order chi connectivity index (χ1) is 11.0. The Morgan fingerprint density at radius 2 is 2.00 bits per heavy atom. The lowest BCUT2D eigenvalue weighted by molar-refractivity contribution is 0.627. The molecule has 1 heterocycles. The molecule has 3 rings (SSSR count). The van der Waals surface area contributed by atoms with E-state index in [0.29, 0.717) is 5.95 Å². The number of nitrogens with zero attached hydrogens (tertiary/aromatic N) is 3. The van der Waals surface area contributed by atoms with Gasteiger partial charge in [-0.3, -0.25) is 0 Å². The first-order valence-corrected chi connectivity index (χ1v) is 7.25. The van der Waals surface area contributed by atoms with Gasteiger partial charge < -0.3 is 5.73 Å². The van der Waals surface area contributed by atoms with Gasteiger partial charge in [-0.25, -0.2) is 14.1 Å². The number of aryl methyl sites for hydroxylation is 2. The average Bonchev–Trinajstić information content (AvgIpc) is 2.83. The smallest absolute Gasteiger partial charge is 0.221 e. The zero-order valence-corrected chi connectivity index (χ0v) is 13.0. The number of aromatic nitrogens is 2. The van der Waals surface area contributed by atoms with Crippen molar-refractivity contribution in [3.05, 3.63) is 71.3 Å². The van der Waals surface area contributed by atoms with Gasteiger partial charge in [0.15, 0.2) is 0 Å². The zero-order chi connectivity index (χ0) is 16.4. The summed E-state index contributed by atoms with van der Waals surface area (Å²) in [6, 6.07) is 12.7. The topological polar surface area (TPSA) is 56.2 Å². The summed E-state index contributed by atoms with van der Waals surface area (Å²) in [7, 11) is 0. The maximum atomic E-state index is 13.2. The molecule has 2 N–H and O–H groups in total. The van der Waals surface area contributed by atoms with Gasteiger partial charge in [-0.05, 0) is 54.3 Å². The van der Waals surface area contributed by atoms with Crippen LogP contribution in [0.5, 0.6) is 0 Å². The zero-order valence-electron chi connectivity index (χ0n) is 13.0. The molecule has 23 heavy (non-hydrogen) atoms. The highest BCUT2D eigenvalue weighted by molar-refractivity contribution is 5.83. The second-order valence-corrected chi connectivity index (χ2v) is 5.41. The third-order valence-corrected chi connectivity index (χ3v) is 3.55.